The molecule has 1 aromatic carbocycles. The zero-order valence-corrected chi connectivity index (χ0v) is 12.7. The second-order valence-corrected chi connectivity index (χ2v) is 5.33. The summed E-state index contributed by atoms with van der Waals surface area (Å²) in [5.74, 6) is 0. The quantitative estimate of drug-likeness (QED) is 0.745. The van der Waals surface area contributed by atoms with Gasteiger partial charge in [0, 0.05) is 31.0 Å². The molecule has 0 saturated carbocycles. The average Bonchev–Trinajstić information content (AvgIpc) is 2.92. The predicted octanol–water partition coefficient (Wildman–Crippen LogP) is 4.53. The number of aromatic nitrogens is 1. The van der Waals surface area contributed by atoms with E-state index in [0.717, 1.165) is 13.1 Å². The largest absolute Gasteiger partial charge is 0.350 e. The molecule has 2 rings (SSSR count). The third-order valence-electron chi connectivity index (χ3n) is 3.70. The van der Waals surface area contributed by atoms with Crippen LogP contribution in [0.25, 0.3) is 0 Å². The summed E-state index contributed by atoms with van der Waals surface area (Å²) in [6.45, 7) is 6.51. The lowest BCUT2D eigenvalue weighted by Gasteiger charge is -2.19. The van der Waals surface area contributed by atoms with Crippen LogP contribution in [0.3, 0.4) is 0 Å². The highest BCUT2D eigenvalue weighted by Gasteiger charge is 2.10. The van der Waals surface area contributed by atoms with Crippen LogP contribution in [-0.4, -0.2) is 4.57 Å². The van der Waals surface area contributed by atoms with Crippen molar-refractivity contribution in [2.24, 2.45) is 0 Å². The summed E-state index contributed by atoms with van der Waals surface area (Å²) in [4.78, 5) is 0. The lowest BCUT2D eigenvalue weighted by atomic mass is 10.0. The van der Waals surface area contributed by atoms with E-state index in [4.69, 9.17) is 0 Å². The van der Waals surface area contributed by atoms with Gasteiger partial charge in [0.25, 0.3) is 0 Å². The third-order valence-corrected chi connectivity index (χ3v) is 3.70. The van der Waals surface area contributed by atoms with Crippen molar-refractivity contribution >= 4 is 0 Å². The SMILES string of the molecule is CCCC(NCc1cccn1CCC)c1ccccc1. The van der Waals surface area contributed by atoms with Gasteiger partial charge in [-0.05, 0) is 30.5 Å². The Labute approximate surface area is 122 Å². The molecule has 1 unspecified atom stereocenters. The summed E-state index contributed by atoms with van der Waals surface area (Å²) in [6, 6.07) is 15.6. The maximum atomic E-state index is 3.72. The van der Waals surface area contributed by atoms with Crippen molar-refractivity contribution < 1.29 is 0 Å². The van der Waals surface area contributed by atoms with Gasteiger partial charge in [-0.15, -0.1) is 0 Å². The van der Waals surface area contributed by atoms with E-state index in [1.807, 2.05) is 0 Å². The molecule has 1 atom stereocenters. The van der Waals surface area contributed by atoms with Crippen molar-refractivity contribution in [3.63, 3.8) is 0 Å². The standard InChI is InChI=1S/C18H26N2/c1-3-9-18(16-10-6-5-7-11-16)19-15-17-12-8-14-20(17)13-4-2/h5-8,10-12,14,18-19H,3-4,9,13,15H2,1-2H3. The number of hydrogen-bond donors (Lipinski definition) is 1. The van der Waals surface area contributed by atoms with Gasteiger partial charge in [0.2, 0.25) is 0 Å². The summed E-state index contributed by atoms with van der Waals surface area (Å²) in [5.41, 5.74) is 2.77. The Bertz CT molecular complexity index is 487. The van der Waals surface area contributed by atoms with Gasteiger partial charge in [-0.2, -0.15) is 0 Å². The van der Waals surface area contributed by atoms with Crippen molar-refractivity contribution in [3.8, 4) is 0 Å². The Morgan fingerprint density at radius 3 is 2.50 bits per heavy atom. The lowest BCUT2D eigenvalue weighted by Crippen LogP contribution is -2.22. The van der Waals surface area contributed by atoms with Crippen LogP contribution in [0.2, 0.25) is 0 Å². The van der Waals surface area contributed by atoms with Gasteiger partial charge in [0.1, 0.15) is 0 Å². The Balaban J connectivity index is 2.00. The van der Waals surface area contributed by atoms with Gasteiger partial charge >= 0.3 is 0 Å². The van der Waals surface area contributed by atoms with Crippen molar-refractivity contribution in [1.29, 1.82) is 0 Å². The minimum absolute atomic E-state index is 0.450. The zero-order chi connectivity index (χ0) is 14.2. The second-order valence-electron chi connectivity index (χ2n) is 5.33. The molecule has 20 heavy (non-hydrogen) atoms. The topological polar surface area (TPSA) is 17.0 Å². The fraction of sp³-hybridized carbons (Fsp3) is 0.444. The van der Waals surface area contributed by atoms with Crippen molar-refractivity contribution in [2.45, 2.75) is 52.2 Å². The van der Waals surface area contributed by atoms with Crippen LogP contribution >= 0.6 is 0 Å². The molecule has 1 heterocycles. The third kappa shape index (κ3) is 3.97. The fourth-order valence-electron chi connectivity index (χ4n) is 2.66. The molecule has 1 N–H and O–H groups in total. The maximum absolute atomic E-state index is 3.72. The van der Waals surface area contributed by atoms with E-state index < -0.39 is 0 Å². The van der Waals surface area contributed by atoms with Crippen molar-refractivity contribution in [1.82, 2.24) is 9.88 Å². The molecule has 2 aromatic rings. The Morgan fingerprint density at radius 2 is 1.80 bits per heavy atom. The Morgan fingerprint density at radius 1 is 1.00 bits per heavy atom. The minimum Gasteiger partial charge on any atom is -0.350 e. The Hall–Kier alpha value is -1.54. The van der Waals surface area contributed by atoms with Crippen LogP contribution in [0.15, 0.2) is 48.7 Å². The molecular weight excluding hydrogens is 244 g/mol. The summed E-state index contributed by atoms with van der Waals surface area (Å²) in [6.07, 6.45) is 5.73. The van der Waals surface area contributed by atoms with Crippen LogP contribution in [0, 0.1) is 0 Å². The van der Waals surface area contributed by atoms with Gasteiger partial charge in [-0.1, -0.05) is 50.6 Å². The lowest BCUT2D eigenvalue weighted by molar-refractivity contribution is 0.479. The van der Waals surface area contributed by atoms with E-state index in [-0.39, 0.29) is 0 Å². The second kappa shape index (κ2) is 7.91. The first-order valence-corrected chi connectivity index (χ1v) is 7.77. The van der Waals surface area contributed by atoms with Crippen LogP contribution in [0.4, 0.5) is 0 Å². The fourth-order valence-corrected chi connectivity index (χ4v) is 2.66. The molecular formula is C18H26N2. The summed E-state index contributed by atoms with van der Waals surface area (Å²) in [5, 5.41) is 3.72. The summed E-state index contributed by atoms with van der Waals surface area (Å²) < 4.78 is 2.35. The molecule has 0 aliphatic rings. The molecule has 0 bridgehead atoms. The smallest absolute Gasteiger partial charge is 0.0364 e. The first-order valence-electron chi connectivity index (χ1n) is 7.77. The number of hydrogen-bond acceptors (Lipinski definition) is 1. The van der Waals surface area contributed by atoms with Crippen molar-refractivity contribution in [3.05, 3.63) is 59.9 Å². The average molecular weight is 270 g/mol. The van der Waals surface area contributed by atoms with Gasteiger partial charge in [-0.25, -0.2) is 0 Å². The number of rotatable bonds is 8. The van der Waals surface area contributed by atoms with Gasteiger partial charge in [-0.3, -0.25) is 0 Å². The van der Waals surface area contributed by atoms with E-state index in [1.165, 1.54) is 30.5 Å². The van der Waals surface area contributed by atoms with Crippen LogP contribution in [0.5, 0.6) is 0 Å². The minimum atomic E-state index is 0.450. The highest BCUT2D eigenvalue weighted by Crippen LogP contribution is 2.19. The van der Waals surface area contributed by atoms with E-state index in [0.29, 0.717) is 6.04 Å². The van der Waals surface area contributed by atoms with E-state index >= 15 is 0 Å². The molecule has 0 aliphatic carbocycles. The highest BCUT2D eigenvalue weighted by molar-refractivity contribution is 5.19. The normalized spacial score (nSPS) is 12.5. The maximum Gasteiger partial charge on any atom is 0.0364 e. The number of aryl methyl sites for hydroxylation is 1. The monoisotopic (exact) mass is 270 g/mol. The van der Waals surface area contributed by atoms with Crippen LogP contribution in [-0.2, 0) is 13.1 Å². The van der Waals surface area contributed by atoms with Crippen molar-refractivity contribution in [2.75, 3.05) is 0 Å². The Kier molecular flexibility index (Phi) is 5.87. The molecule has 0 aliphatic heterocycles. The van der Waals surface area contributed by atoms with Gasteiger partial charge in [0.05, 0.1) is 0 Å². The van der Waals surface area contributed by atoms with E-state index in [1.54, 1.807) is 0 Å². The zero-order valence-electron chi connectivity index (χ0n) is 12.7. The molecule has 1 aromatic heterocycles. The molecule has 2 heteroatoms. The first-order chi connectivity index (χ1) is 9.85. The number of benzene rings is 1. The summed E-state index contributed by atoms with van der Waals surface area (Å²) in [7, 11) is 0. The number of nitrogens with one attached hydrogen (secondary N) is 1. The molecule has 2 nitrogen and oxygen atoms in total. The molecule has 108 valence electrons. The van der Waals surface area contributed by atoms with Crippen LogP contribution < -0.4 is 5.32 Å². The van der Waals surface area contributed by atoms with E-state index in [2.05, 4.69) is 72.4 Å². The molecule has 0 fully saturated rings. The molecule has 0 spiro atoms. The predicted molar refractivity (Wildman–Crippen MR) is 85.7 cm³/mol. The summed E-state index contributed by atoms with van der Waals surface area (Å²) >= 11 is 0. The molecule has 0 saturated heterocycles. The van der Waals surface area contributed by atoms with Gasteiger partial charge < -0.3 is 9.88 Å². The molecule has 0 amide bonds. The first kappa shape index (κ1) is 14.9. The number of nitrogens with zero attached hydrogens (tertiary/aromatic N) is 1. The van der Waals surface area contributed by atoms with Crippen LogP contribution in [0.1, 0.15) is 50.4 Å². The molecule has 0 radical (unpaired) electrons. The van der Waals surface area contributed by atoms with Gasteiger partial charge in [0.15, 0.2) is 0 Å². The van der Waals surface area contributed by atoms with E-state index in [9.17, 15) is 0 Å². The highest BCUT2D eigenvalue weighted by atomic mass is 15.0.